The van der Waals surface area contributed by atoms with Crippen LogP contribution in [-0.2, 0) is 14.3 Å². The zero-order valence-corrected chi connectivity index (χ0v) is 10.1. The largest absolute Gasteiger partial charge is 0.468 e. The van der Waals surface area contributed by atoms with Crippen molar-refractivity contribution in [1.82, 2.24) is 4.90 Å². The lowest BCUT2D eigenvalue weighted by molar-refractivity contribution is -0.146. The van der Waals surface area contributed by atoms with Gasteiger partial charge in [0.15, 0.2) is 0 Å². The van der Waals surface area contributed by atoms with Crippen LogP contribution in [0.4, 0.5) is 0 Å². The predicted octanol–water partition coefficient (Wildman–Crippen LogP) is -0.155. The van der Waals surface area contributed by atoms with E-state index in [2.05, 4.69) is 4.74 Å². The average Bonchev–Trinajstić information content (AvgIpc) is 3.09. The van der Waals surface area contributed by atoms with Gasteiger partial charge in [0, 0.05) is 19.7 Å². The molecule has 94 valence electrons. The molecule has 1 aliphatic carbocycles. The van der Waals surface area contributed by atoms with E-state index in [1.54, 1.807) is 0 Å². The van der Waals surface area contributed by atoms with Gasteiger partial charge in [-0.05, 0) is 25.8 Å². The SMILES string of the molecule is COC(=O)C(CN)N(C)CCOCC1CC1. The second-order valence-electron chi connectivity index (χ2n) is 4.27. The van der Waals surface area contributed by atoms with Gasteiger partial charge >= 0.3 is 5.97 Å². The molecular weight excluding hydrogens is 208 g/mol. The molecule has 0 spiro atoms. The summed E-state index contributed by atoms with van der Waals surface area (Å²) in [6.45, 7) is 2.45. The average molecular weight is 230 g/mol. The summed E-state index contributed by atoms with van der Waals surface area (Å²) in [7, 11) is 3.23. The molecule has 0 amide bonds. The maximum absolute atomic E-state index is 11.4. The van der Waals surface area contributed by atoms with Gasteiger partial charge in [-0.3, -0.25) is 9.69 Å². The normalized spacial score (nSPS) is 17.5. The monoisotopic (exact) mass is 230 g/mol. The highest BCUT2D eigenvalue weighted by Crippen LogP contribution is 2.28. The fourth-order valence-corrected chi connectivity index (χ4v) is 1.49. The second-order valence-corrected chi connectivity index (χ2v) is 4.27. The van der Waals surface area contributed by atoms with Gasteiger partial charge in [-0.2, -0.15) is 0 Å². The molecule has 0 aromatic rings. The number of hydrogen-bond acceptors (Lipinski definition) is 5. The first-order valence-corrected chi connectivity index (χ1v) is 5.75. The molecule has 1 atom stereocenters. The van der Waals surface area contributed by atoms with E-state index in [9.17, 15) is 4.79 Å². The van der Waals surface area contributed by atoms with E-state index in [0.717, 1.165) is 12.5 Å². The van der Waals surface area contributed by atoms with E-state index >= 15 is 0 Å². The standard InChI is InChI=1S/C11H22N2O3/c1-13(10(7-12)11(14)15-2)5-6-16-8-9-3-4-9/h9-10H,3-8,12H2,1-2H3. The summed E-state index contributed by atoms with van der Waals surface area (Å²) in [6, 6.07) is -0.366. The summed E-state index contributed by atoms with van der Waals surface area (Å²) in [6.07, 6.45) is 2.59. The maximum atomic E-state index is 11.4. The molecule has 0 aliphatic heterocycles. The Bertz CT molecular complexity index is 219. The molecule has 0 saturated heterocycles. The molecule has 5 heteroatoms. The lowest BCUT2D eigenvalue weighted by Crippen LogP contribution is -2.45. The molecule has 0 radical (unpaired) electrons. The molecule has 16 heavy (non-hydrogen) atoms. The number of nitrogens with zero attached hydrogens (tertiary/aromatic N) is 1. The van der Waals surface area contributed by atoms with Crippen LogP contribution in [0.1, 0.15) is 12.8 Å². The van der Waals surface area contributed by atoms with E-state index in [4.69, 9.17) is 10.5 Å². The molecule has 0 bridgehead atoms. The van der Waals surface area contributed by atoms with Gasteiger partial charge in [-0.15, -0.1) is 0 Å². The van der Waals surface area contributed by atoms with Crippen LogP contribution < -0.4 is 5.73 Å². The van der Waals surface area contributed by atoms with Crippen molar-refractivity contribution < 1.29 is 14.3 Å². The van der Waals surface area contributed by atoms with E-state index in [-0.39, 0.29) is 18.6 Å². The minimum atomic E-state index is -0.366. The Morgan fingerprint density at radius 3 is 2.75 bits per heavy atom. The minimum Gasteiger partial charge on any atom is -0.468 e. The van der Waals surface area contributed by atoms with Gasteiger partial charge in [-0.1, -0.05) is 0 Å². The predicted molar refractivity (Wildman–Crippen MR) is 61.0 cm³/mol. The summed E-state index contributed by atoms with van der Waals surface area (Å²) in [4.78, 5) is 13.2. The van der Waals surface area contributed by atoms with Crippen molar-refractivity contribution >= 4 is 5.97 Å². The molecule has 0 aromatic carbocycles. The Labute approximate surface area is 96.9 Å². The van der Waals surface area contributed by atoms with Crippen LogP contribution in [0.2, 0.25) is 0 Å². The second kappa shape index (κ2) is 6.83. The van der Waals surface area contributed by atoms with Crippen molar-refractivity contribution in [3.63, 3.8) is 0 Å². The minimum absolute atomic E-state index is 0.270. The fourth-order valence-electron chi connectivity index (χ4n) is 1.49. The van der Waals surface area contributed by atoms with Gasteiger partial charge in [0.05, 0.1) is 13.7 Å². The van der Waals surface area contributed by atoms with Gasteiger partial charge in [0.1, 0.15) is 6.04 Å². The summed E-state index contributed by atoms with van der Waals surface area (Å²) < 4.78 is 10.2. The highest BCUT2D eigenvalue weighted by atomic mass is 16.5. The third-order valence-electron chi connectivity index (χ3n) is 2.87. The molecule has 1 saturated carbocycles. The Balaban J connectivity index is 2.14. The third-order valence-corrected chi connectivity index (χ3v) is 2.87. The van der Waals surface area contributed by atoms with Crippen molar-refractivity contribution in [2.45, 2.75) is 18.9 Å². The highest BCUT2D eigenvalue weighted by Gasteiger charge is 2.23. The van der Waals surface area contributed by atoms with Crippen LogP contribution in [0.15, 0.2) is 0 Å². The Hall–Kier alpha value is -0.650. The van der Waals surface area contributed by atoms with Crippen LogP contribution in [0, 0.1) is 5.92 Å². The summed E-state index contributed by atoms with van der Waals surface area (Å²) >= 11 is 0. The Kier molecular flexibility index (Phi) is 5.73. The molecule has 2 N–H and O–H groups in total. The van der Waals surface area contributed by atoms with Gasteiger partial charge < -0.3 is 15.2 Å². The zero-order chi connectivity index (χ0) is 12.0. The summed E-state index contributed by atoms with van der Waals surface area (Å²) in [5, 5.41) is 0. The first-order chi connectivity index (χ1) is 7.69. The van der Waals surface area contributed by atoms with E-state index in [1.807, 2.05) is 11.9 Å². The molecule has 1 unspecified atom stereocenters. The van der Waals surface area contributed by atoms with Crippen LogP contribution in [0.25, 0.3) is 0 Å². The third kappa shape index (κ3) is 4.47. The van der Waals surface area contributed by atoms with Crippen molar-refractivity contribution in [1.29, 1.82) is 0 Å². The quantitative estimate of drug-likeness (QED) is 0.464. The highest BCUT2D eigenvalue weighted by molar-refractivity contribution is 5.75. The van der Waals surface area contributed by atoms with Crippen LogP contribution in [-0.4, -0.2) is 57.4 Å². The number of nitrogens with two attached hydrogens (primary N) is 1. The van der Waals surface area contributed by atoms with Crippen molar-refractivity contribution in [2.24, 2.45) is 11.7 Å². The zero-order valence-electron chi connectivity index (χ0n) is 10.1. The van der Waals surface area contributed by atoms with E-state index < -0.39 is 0 Å². The van der Waals surface area contributed by atoms with Crippen LogP contribution in [0.5, 0.6) is 0 Å². The van der Waals surface area contributed by atoms with Gasteiger partial charge in [0.25, 0.3) is 0 Å². The van der Waals surface area contributed by atoms with Gasteiger partial charge in [0.2, 0.25) is 0 Å². The molecule has 1 fully saturated rings. The number of rotatable bonds is 8. The van der Waals surface area contributed by atoms with Crippen LogP contribution in [0.3, 0.4) is 0 Å². The number of likely N-dealkylation sites (N-methyl/N-ethyl adjacent to an activating group) is 1. The lowest BCUT2D eigenvalue weighted by atomic mass is 10.2. The fraction of sp³-hybridized carbons (Fsp3) is 0.909. The van der Waals surface area contributed by atoms with Crippen LogP contribution >= 0.6 is 0 Å². The Morgan fingerprint density at radius 2 is 2.25 bits per heavy atom. The van der Waals surface area contributed by atoms with Crippen molar-refractivity contribution in [3.05, 3.63) is 0 Å². The lowest BCUT2D eigenvalue weighted by Gasteiger charge is -2.24. The van der Waals surface area contributed by atoms with Crippen molar-refractivity contribution in [2.75, 3.05) is 40.5 Å². The smallest absolute Gasteiger partial charge is 0.324 e. The molecule has 1 rings (SSSR count). The first-order valence-electron chi connectivity index (χ1n) is 5.75. The molecule has 0 aromatic heterocycles. The number of carbonyl (C=O) groups excluding carboxylic acids is 1. The number of ether oxygens (including phenoxy) is 2. The maximum Gasteiger partial charge on any atom is 0.324 e. The molecule has 1 aliphatic rings. The number of esters is 1. The van der Waals surface area contributed by atoms with Crippen molar-refractivity contribution in [3.8, 4) is 0 Å². The van der Waals surface area contributed by atoms with E-state index in [0.29, 0.717) is 13.2 Å². The summed E-state index contributed by atoms with van der Waals surface area (Å²) in [5.41, 5.74) is 5.53. The number of methoxy groups -OCH3 is 1. The molecular formula is C11H22N2O3. The summed E-state index contributed by atoms with van der Waals surface area (Å²) in [5.74, 6) is 0.489. The number of carbonyl (C=O) groups is 1. The van der Waals surface area contributed by atoms with E-state index in [1.165, 1.54) is 20.0 Å². The van der Waals surface area contributed by atoms with Gasteiger partial charge in [-0.25, -0.2) is 0 Å². The molecule has 5 nitrogen and oxygen atoms in total. The topological polar surface area (TPSA) is 64.8 Å². The first kappa shape index (κ1) is 13.4. The molecule has 0 heterocycles. The Morgan fingerprint density at radius 1 is 1.56 bits per heavy atom. The number of hydrogen-bond donors (Lipinski definition) is 1.